The lowest BCUT2D eigenvalue weighted by Gasteiger charge is -2.38. The summed E-state index contributed by atoms with van der Waals surface area (Å²) in [4.78, 5) is 0. The lowest BCUT2D eigenvalue weighted by molar-refractivity contribution is 0.0732. The van der Waals surface area contributed by atoms with Gasteiger partial charge in [0, 0.05) is 19.1 Å². The number of aliphatic hydroxyl groups is 1. The number of hydrogen-bond acceptors (Lipinski definition) is 3. The Labute approximate surface area is 171 Å². The van der Waals surface area contributed by atoms with E-state index in [1.165, 1.54) is 14.1 Å². The Kier molecular flexibility index (Phi) is 5.91. The van der Waals surface area contributed by atoms with E-state index >= 15 is 0 Å². The summed E-state index contributed by atoms with van der Waals surface area (Å²) in [6.45, 7) is 0. The van der Waals surface area contributed by atoms with Crippen molar-refractivity contribution in [1.29, 1.82) is 0 Å². The third-order valence-electron chi connectivity index (χ3n) is 4.79. The number of rotatable bonds is 6. The molecule has 0 unspecified atom stereocenters. The molecule has 0 heterocycles. The minimum Gasteiger partial charge on any atom is -0.379 e. The lowest BCUT2D eigenvalue weighted by Crippen LogP contribution is -2.43. The Balaban J connectivity index is 2.37. The minimum atomic E-state index is -3.91. The van der Waals surface area contributed by atoms with E-state index in [0.29, 0.717) is 21.7 Å². The van der Waals surface area contributed by atoms with Crippen molar-refractivity contribution >= 4 is 21.6 Å². The van der Waals surface area contributed by atoms with Crippen LogP contribution in [0.25, 0.3) is 0 Å². The van der Waals surface area contributed by atoms with Crippen molar-refractivity contribution in [1.82, 2.24) is 4.31 Å². The van der Waals surface area contributed by atoms with Gasteiger partial charge in [-0.05, 0) is 28.8 Å². The highest BCUT2D eigenvalue weighted by molar-refractivity contribution is 7.89. The second kappa shape index (κ2) is 8.05. The Morgan fingerprint density at radius 1 is 0.821 bits per heavy atom. The highest BCUT2D eigenvalue weighted by Crippen LogP contribution is 2.46. The first kappa shape index (κ1) is 20.6. The first-order chi connectivity index (χ1) is 13.3. The van der Waals surface area contributed by atoms with E-state index in [-0.39, 0.29) is 0 Å². The van der Waals surface area contributed by atoms with Gasteiger partial charge in [0.25, 0.3) is 0 Å². The molecule has 146 valence electrons. The normalized spacial score (nSPS) is 15.2. The SMILES string of the molecule is CN(C)S(=O)(=O)[C@@H](c1ccccc1)[C@](O)(c1ccccc1)c1ccc(Cl)cc1. The van der Waals surface area contributed by atoms with Crippen molar-refractivity contribution in [3.63, 3.8) is 0 Å². The summed E-state index contributed by atoms with van der Waals surface area (Å²) in [5.41, 5.74) is -0.396. The van der Waals surface area contributed by atoms with Crippen molar-refractivity contribution in [2.45, 2.75) is 10.9 Å². The quantitative estimate of drug-likeness (QED) is 0.656. The molecule has 4 nitrogen and oxygen atoms in total. The summed E-state index contributed by atoms with van der Waals surface area (Å²) < 4.78 is 28.0. The molecule has 0 aliphatic carbocycles. The number of sulfonamides is 1. The Hall–Kier alpha value is -2.18. The molecule has 0 saturated carbocycles. The predicted molar refractivity (Wildman–Crippen MR) is 113 cm³/mol. The zero-order chi connectivity index (χ0) is 20.4. The lowest BCUT2D eigenvalue weighted by atomic mass is 9.81. The number of benzene rings is 3. The van der Waals surface area contributed by atoms with Gasteiger partial charge in [0.1, 0.15) is 10.9 Å². The second-order valence-electron chi connectivity index (χ2n) is 6.76. The zero-order valence-electron chi connectivity index (χ0n) is 15.7. The number of nitrogens with zero attached hydrogens (tertiary/aromatic N) is 1. The second-order valence-corrected chi connectivity index (χ2v) is 9.43. The molecule has 0 saturated heterocycles. The van der Waals surface area contributed by atoms with E-state index in [9.17, 15) is 13.5 Å². The topological polar surface area (TPSA) is 57.6 Å². The van der Waals surface area contributed by atoms with Gasteiger partial charge in [-0.3, -0.25) is 0 Å². The van der Waals surface area contributed by atoms with Crippen molar-refractivity contribution < 1.29 is 13.5 Å². The number of halogens is 1. The maximum absolute atomic E-state index is 13.4. The zero-order valence-corrected chi connectivity index (χ0v) is 17.2. The molecule has 28 heavy (non-hydrogen) atoms. The van der Waals surface area contributed by atoms with Crippen molar-refractivity contribution in [2.24, 2.45) is 0 Å². The van der Waals surface area contributed by atoms with Crippen LogP contribution in [0.2, 0.25) is 5.02 Å². The van der Waals surface area contributed by atoms with Crippen LogP contribution >= 0.6 is 11.6 Å². The monoisotopic (exact) mass is 415 g/mol. The van der Waals surface area contributed by atoms with Crippen molar-refractivity contribution in [3.05, 3.63) is 107 Å². The fourth-order valence-corrected chi connectivity index (χ4v) is 5.08. The van der Waals surface area contributed by atoms with E-state index in [2.05, 4.69) is 0 Å². The Morgan fingerprint density at radius 3 is 1.79 bits per heavy atom. The largest absolute Gasteiger partial charge is 0.379 e. The van der Waals surface area contributed by atoms with E-state index in [4.69, 9.17) is 11.6 Å². The van der Waals surface area contributed by atoms with Crippen LogP contribution in [0.5, 0.6) is 0 Å². The van der Waals surface area contributed by atoms with Crippen molar-refractivity contribution in [3.8, 4) is 0 Å². The molecule has 0 amide bonds. The summed E-state index contributed by atoms with van der Waals surface area (Å²) >= 11 is 6.04. The highest BCUT2D eigenvalue weighted by atomic mass is 35.5. The molecule has 0 spiro atoms. The fourth-order valence-electron chi connectivity index (χ4n) is 3.33. The third kappa shape index (κ3) is 3.71. The van der Waals surface area contributed by atoms with Crippen LogP contribution in [0.3, 0.4) is 0 Å². The summed E-state index contributed by atoms with van der Waals surface area (Å²) in [5, 5.41) is 11.3. The average Bonchev–Trinajstić information content (AvgIpc) is 2.69. The van der Waals surface area contributed by atoms with Gasteiger partial charge in [-0.1, -0.05) is 84.4 Å². The molecule has 6 heteroatoms. The molecule has 0 fully saturated rings. The summed E-state index contributed by atoms with van der Waals surface area (Å²) in [5.74, 6) is 0. The van der Waals surface area contributed by atoms with Crippen LogP contribution in [0, 0.1) is 0 Å². The van der Waals surface area contributed by atoms with E-state index < -0.39 is 20.9 Å². The van der Waals surface area contributed by atoms with Gasteiger partial charge in [-0.2, -0.15) is 0 Å². The van der Waals surface area contributed by atoms with E-state index in [0.717, 1.165) is 4.31 Å². The molecule has 0 aliphatic heterocycles. The molecule has 2 atom stereocenters. The van der Waals surface area contributed by atoms with Crippen LogP contribution in [-0.2, 0) is 15.6 Å². The van der Waals surface area contributed by atoms with Gasteiger partial charge in [0.15, 0.2) is 0 Å². The first-order valence-corrected chi connectivity index (χ1v) is 10.7. The van der Waals surface area contributed by atoms with Gasteiger partial charge in [-0.15, -0.1) is 0 Å². The summed E-state index contributed by atoms with van der Waals surface area (Å²) in [6.07, 6.45) is 0. The molecule has 3 aromatic carbocycles. The Morgan fingerprint density at radius 2 is 1.29 bits per heavy atom. The molecule has 0 aliphatic rings. The van der Waals surface area contributed by atoms with Gasteiger partial charge in [0.2, 0.25) is 10.0 Å². The van der Waals surface area contributed by atoms with Gasteiger partial charge in [-0.25, -0.2) is 12.7 Å². The Bertz CT molecular complexity index is 1020. The minimum absolute atomic E-state index is 0.447. The van der Waals surface area contributed by atoms with Crippen LogP contribution in [0.4, 0.5) is 0 Å². The number of hydrogen-bond donors (Lipinski definition) is 1. The molecule has 0 aromatic heterocycles. The molecular formula is C22H22ClNO3S. The molecule has 3 rings (SSSR count). The third-order valence-corrected chi connectivity index (χ3v) is 7.27. The van der Waals surface area contributed by atoms with E-state index in [1.807, 2.05) is 12.1 Å². The van der Waals surface area contributed by atoms with E-state index in [1.54, 1.807) is 72.8 Å². The predicted octanol–water partition coefficient (Wildman–Crippen LogP) is 4.21. The van der Waals surface area contributed by atoms with Crippen LogP contribution in [0.1, 0.15) is 21.9 Å². The highest BCUT2D eigenvalue weighted by Gasteiger charge is 2.49. The molecule has 1 N–H and O–H groups in total. The van der Waals surface area contributed by atoms with Crippen LogP contribution in [-0.4, -0.2) is 31.9 Å². The van der Waals surface area contributed by atoms with Crippen LogP contribution in [0.15, 0.2) is 84.9 Å². The first-order valence-electron chi connectivity index (χ1n) is 8.78. The summed E-state index contributed by atoms with van der Waals surface area (Å²) in [6, 6.07) is 24.2. The fraction of sp³-hybridized carbons (Fsp3) is 0.182. The molecule has 0 radical (unpaired) electrons. The van der Waals surface area contributed by atoms with Crippen LogP contribution < -0.4 is 0 Å². The maximum atomic E-state index is 13.4. The molecule has 3 aromatic rings. The van der Waals surface area contributed by atoms with Gasteiger partial charge >= 0.3 is 0 Å². The van der Waals surface area contributed by atoms with Crippen molar-refractivity contribution in [2.75, 3.05) is 14.1 Å². The summed E-state index contributed by atoms with van der Waals surface area (Å²) in [7, 11) is -0.964. The molecule has 0 bridgehead atoms. The standard InChI is InChI=1S/C22H22ClNO3S/c1-24(2)28(26,27)21(17-9-5-3-6-10-17)22(25,18-11-7-4-8-12-18)19-13-15-20(23)16-14-19/h3-16,21,25H,1-2H3/t21-,22-/m0/s1. The van der Waals surface area contributed by atoms with Gasteiger partial charge in [0.05, 0.1) is 0 Å². The molecular weight excluding hydrogens is 394 g/mol. The maximum Gasteiger partial charge on any atom is 0.224 e. The average molecular weight is 416 g/mol. The van der Waals surface area contributed by atoms with Gasteiger partial charge < -0.3 is 5.11 Å². The smallest absolute Gasteiger partial charge is 0.224 e.